The molecule has 28 heavy (non-hydrogen) atoms. The van der Waals surface area contributed by atoms with Crippen LogP contribution in [0.5, 0.6) is 0 Å². The largest absolute Gasteiger partial charge is 0.288 e. The van der Waals surface area contributed by atoms with Crippen LogP contribution in [0.25, 0.3) is 0 Å². The number of allylic oxidation sites excluding steroid dienone is 4. The van der Waals surface area contributed by atoms with E-state index in [9.17, 15) is 13.2 Å². The molecule has 0 radical (unpaired) electrons. The molecule has 0 spiro atoms. The Bertz CT molecular complexity index is 845. The highest BCUT2D eigenvalue weighted by Crippen LogP contribution is 2.20. The fourth-order valence-electron chi connectivity index (χ4n) is 2.98. The second-order valence-electron chi connectivity index (χ2n) is 6.89. The summed E-state index contributed by atoms with van der Waals surface area (Å²) in [5, 5.41) is -0.00380. The van der Waals surface area contributed by atoms with Crippen LogP contribution in [0, 0.1) is 0 Å². The molecule has 0 aromatic heterocycles. The highest BCUT2D eigenvalue weighted by atomic mass is 32.2. The van der Waals surface area contributed by atoms with Crippen molar-refractivity contribution in [3.05, 3.63) is 59.7 Å². The van der Waals surface area contributed by atoms with Crippen molar-refractivity contribution in [1.29, 1.82) is 0 Å². The van der Waals surface area contributed by atoms with E-state index >= 15 is 0 Å². The molecule has 0 unspecified atom stereocenters. The summed E-state index contributed by atoms with van der Waals surface area (Å²) in [6.07, 6.45) is 8.03. The Hall–Kier alpha value is -1.28. The van der Waals surface area contributed by atoms with E-state index in [0.717, 1.165) is 34.2 Å². The monoisotopic (exact) mass is 437 g/mol. The van der Waals surface area contributed by atoms with Crippen molar-refractivity contribution in [3.8, 4) is 0 Å². The Balaban J connectivity index is 2.06. The lowest BCUT2D eigenvalue weighted by Crippen LogP contribution is -2.41. The first-order chi connectivity index (χ1) is 13.3. The number of thiocarbonyl (C=S) groups is 1. The summed E-state index contributed by atoms with van der Waals surface area (Å²) in [6.45, 7) is 3.68. The third kappa shape index (κ3) is 7.62. The van der Waals surface area contributed by atoms with E-state index in [2.05, 4.69) is 0 Å². The third-order valence-corrected chi connectivity index (χ3v) is 7.77. The molecule has 7 heteroatoms. The summed E-state index contributed by atoms with van der Waals surface area (Å²) in [6, 6.07) is 9.30. The molecule has 0 bridgehead atoms. The lowest BCUT2D eigenvalue weighted by atomic mass is 10.0. The van der Waals surface area contributed by atoms with Crippen molar-refractivity contribution < 1.29 is 13.2 Å². The number of sulfonamides is 1. The minimum Gasteiger partial charge on any atom is -0.288 e. The van der Waals surface area contributed by atoms with Crippen LogP contribution in [0.3, 0.4) is 0 Å². The van der Waals surface area contributed by atoms with Gasteiger partial charge in [-0.05, 0) is 37.0 Å². The summed E-state index contributed by atoms with van der Waals surface area (Å²) >= 11 is 6.38. The molecule has 1 aliphatic carbocycles. The molecule has 0 saturated carbocycles. The van der Waals surface area contributed by atoms with E-state index in [-0.39, 0.29) is 16.9 Å². The molecular formula is C21H27NO3S3. The van der Waals surface area contributed by atoms with Crippen LogP contribution >= 0.6 is 24.0 Å². The van der Waals surface area contributed by atoms with Crippen LogP contribution in [0.4, 0.5) is 0 Å². The number of carbonyl (C=O) groups is 1. The fourth-order valence-corrected chi connectivity index (χ4v) is 5.69. The maximum absolute atomic E-state index is 13.1. The average molecular weight is 438 g/mol. The molecule has 4 nitrogen and oxygen atoms in total. The van der Waals surface area contributed by atoms with Gasteiger partial charge in [-0.1, -0.05) is 66.5 Å². The van der Waals surface area contributed by atoms with Crippen LogP contribution in [0.15, 0.2) is 54.1 Å². The Morgan fingerprint density at radius 3 is 2.64 bits per heavy atom. The molecule has 0 fully saturated rings. The Morgan fingerprint density at radius 1 is 1.29 bits per heavy atom. The normalized spacial score (nSPS) is 15.5. The van der Waals surface area contributed by atoms with Crippen LogP contribution in [0.1, 0.15) is 38.7 Å². The summed E-state index contributed by atoms with van der Waals surface area (Å²) in [5.41, 5.74) is 2.02. The Kier molecular flexibility index (Phi) is 9.08. The zero-order valence-electron chi connectivity index (χ0n) is 16.3. The minimum atomic E-state index is -3.46. The molecular weight excluding hydrogens is 410 g/mol. The van der Waals surface area contributed by atoms with Gasteiger partial charge in [0.15, 0.2) is 5.12 Å². The van der Waals surface area contributed by atoms with E-state index < -0.39 is 10.0 Å². The molecule has 2 rings (SSSR count). The molecule has 1 atom stereocenters. The van der Waals surface area contributed by atoms with Gasteiger partial charge >= 0.3 is 0 Å². The van der Waals surface area contributed by atoms with Crippen LogP contribution in [-0.4, -0.2) is 40.3 Å². The van der Waals surface area contributed by atoms with E-state index in [1.807, 2.05) is 55.5 Å². The van der Waals surface area contributed by atoms with Gasteiger partial charge < -0.3 is 0 Å². The molecule has 0 N–H and O–H groups in total. The summed E-state index contributed by atoms with van der Waals surface area (Å²) in [5.74, 6) is 0.524. The minimum absolute atomic E-state index is 0.00380. The molecule has 1 aromatic rings. The molecule has 0 saturated heterocycles. The number of thioether (sulfide) groups is 1. The average Bonchev–Trinajstić information content (AvgIpc) is 2.65. The van der Waals surface area contributed by atoms with Crippen molar-refractivity contribution in [1.82, 2.24) is 4.31 Å². The van der Waals surface area contributed by atoms with E-state index in [1.165, 1.54) is 11.2 Å². The smallest absolute Gasteiger partial charge is 0.214 e. The predicted molar refractivity (Wildman–Crippen MR) is 122 cm³/mol. The summed E-state index contributed by atoms with van der Waals surface area (Å²) in [7, 11) is -3.46. The lowest BCUT2D eigenvalue weighted by Gasteiger charge is -2.28. The van der Waals surface area contributed by atoms with Crippen LogP contribution in [0.2, 0.25) is 0 Å². The molecule has 0 heterocycles. The van der Waals surface area contributed by atoms with Gasteiger partial charge in [-0.15, -0.1) is 0 Å². The topological polar surface area (TPSA) is 54.5 Å². The first-order valence-corrected chi connectivity index (χ1v) is 12.3. The van der Waals surface area contributed by atoms with Crippen molar-refractivity contribution in [2.75, 3.05) is 11.5 Å². The summed E-state index contributed by atoms with van der Waals surface area (Å²) in [4.78, 5) is 12.2. The van der Waals surface area contributed by atoms with Crippen molar-refractivity contribution >= 4 is 44.0 Å². The number of benzene rings is 1. The molecule has 1 aromatic carbocycles. The predicted octanol–water partition coefficient (Wildman–Crippen LogP) is 4.52. The quantitative estimate of drug-likeness (QED) is 0.504. The maximum atomic E-state index is 13.1. The zero-order valence-corrected chi connectivity index (χ0v) is 18.8. The Labute approximate surface area is 178 Å². The highest BCUT2D eigenvalue weighted by Gasteiger charge is 2.27. The van der Waals surface area contributed by atoms with Gasteiger partial charge in [0.05, 0.1) is 5.75 Å². The van der Waals surface area contributed by atoms with E-state index in [0.29, 0.717) is 25.1 Å². The third-order valence-electron chi connectivity index (χ3n) is 4.42. The van der Waals surface area contributed by atoms with Crippen molar-refractivity contribution in [2.24, 2.45) is 0 Å². The molecule has 1 aliphatic rings. The van der Waals surface area contributed by atoms with Crippen LogP contribution < -0.4 is 0 Å². The van der Waals surface area contributed by atoms with Gasteiger partial charge in [0.2, 0.25) is 10.0 Å². The fraction of sp³-hybridized carbons (Fsp3) is 0.429. The van der Waals surface area contributed by atoms with Gasteiger partial charge in [-0.25, -0.2) is 8.42 Å². The number of nitrogens with zero attached hydrogens (tertiary/aromatic N) is 1. The van der Waals surface area contributed by atoms with Gasteiger partial charge in [-0.3, -0.25) is 4.79 Å². The number of rotatable bonds is 10. The van der Waals surface area contributed by atoms with Crippen molar-refractivity contribution in [2.45, 2.75) is 45.7 Å². The van der Waals surface area contributed by atoms with Gasteiger partial charge in [0, 0.05) is 36.5 Å². The second kappa shape index (κ2) is 11.0. The number of carbonyl (C=O) groups excluding carboxylic acids is 1. The van der Waals surface area contributed by atoms with E-state index in [1.54, 1.807) is 0 Å². The zero-order chi connectivity index (χ0) is 20.6. The molecule has 0 amide bonds. The standard InChI is InChI=1S/C21H27NO3S3/c1-17(16-27-18(2)23)22(15-20-8-4-3-5-9-20)28(24,25)13-7-11-19-10-6-12-21(26)14-19/h3-6,8-10,14,17H,7,11-13,15-16H2,1-2H3/t17-/m1/s1. The lowest BCUT2D eigenvalue weighted by molar-refractivity contribution is -0.109. The summed E-state index contributed by atoms with van der Waals surface area (Å²) < 4.78 is 27.7. The molecule has 152 valence electrons. The molecule has 0 aliphatic heterocycles. The Morgan fingerprint density at radius 2 is 2.00 bits per heavy atom. The van der Waals surface area contributed by atoms with Gasteiger partial charge in [0.25, 0.3) is 0 Å². The van der Waals surface area contributed by atoms with Gasteiger partial charge in [0.1, 0.15) is 0 Å². The SMILES string of the molecule is CC(=O)SC[C@@H](C)N(Cc1ccccc1)S(=O)(=O)CCCC1=CC(=S)CC=C1. The van der Waals surface area contributed by atoms with Crippen molar-refractivity contribution in [3.63, 3.8) is 0 Å². The first-order valence-electron chi connectivity index (χ1n) is 9.34. The van der Waals surface area contributed by atoms with E-state index in [4.69, 9.17) is 12.2 Å². The number of hydrogen-bond acceptors (Lipinski definition) is 5. The van der Waals surface area contributed by atoms with Gasteiger partial charge in [-0.2, -0.15) is 4.31 Å². The first kappa shape index (κ1) is 23.0. The van der Waals surface area contributed by atoms with Crippen LogP contribution in [-0.2, 0) is 21.4 Å². The number of hydrogen-bond donors (Lipinski definition) is 0. The maximum Gasteiger partial charge on any atom is 0.214 e. The highest BCUT2D eigenvalue weighted by molar-refractivity contribution is 8.13. The second-order valence-corrected chi connectivity index (χ2v) is 10.7.